The highest BCUT2D eigenvalue weighted by Crippen LogP contribution is 2.27. The Hall–Kier alpha value is -2.25. The van der Waals surface area contributed by atoms with Crippen LogP contribution in [0.25, 0.3) is 0 Å². The van der Waals surface area contributed by atoms with Crippen molar-refractivity contribution in [2.24, 2.45) is 0 Å². The number of hydrogen-bond acceptors (Lipinski definition) is 5. The summed E-state index contributed by atoms with van der Waals surface area (Å²) in [6.45, 7) is 4.79. The number of aromatic nitrogens is 5. The first-order chi connectivity index (χ1) is 10.00. The van der Waals surface area contributed by atoms with Gasteiger partial charge in [-0.2, -0.15) is 5.10 Å². The summed E-state index contributed by atoms with van der Waals surface area (Å²) in [4.78, 5) is 10.4. The Labute approximate surface area is 121 Å². The van der Waals surface area contributed by atoms with Crippen molar-refractivity contribution in [2.45, 2.75) is 51.6 Å². The minimum absolute atomic E-state index is 0.0151. The van der Waals surface area contributed by atoms with E-state index >= 15 is 0 Å². The van der Waals surface area contributed by atoms with Gasteiger partial charge in [-0.1, -0.05) is 6.42 Å². The Balaban J connectivity index is 2.01. The molecule has 21 heavy (non-hydrogen) atoms. The average molecular weight is 290 g/mol. The van der Waals surface area contributed by atoms with Gasteiger partial charge in [0.1, 0.15) is 23.8 Å². The molecule has 0 unspecified atom stereocenters. The van der Waals surface area contributed by atoms with Crippen LogP contribution in [0.2, 0.25) is 0 Å². The Bertz CT molecular complexity index is 672. The fourth-order valence-electron chi connectivity index (χ4n) is 2.75. The van der Waals surface area contributed by atoms with E-state index in [1.54, 1.807) is 4.68 Å². The third kappa shape index (κ3) is 2.30. The predicted molar refractivity (Wildman–Crippen MR) is 74.9 cm³/mol. The van der Waals surface area contributed by atoms with Gasteiger partial charge in [-0.15, -0.1) is 10.2 Å². The first-order valence-electron chi connectivity index (χ1n) is 7.12. The van der Waals surface area contributed by atoms with E-state index in [-0.39, 0.29) is 5.69 Å². The van der Waals surface area contributed by atoms with E-state index in [4.69, 9.17) is 0 Å². The predicted octanol–water partition coefficient (Wildman–Crippen LogP) is 1.89. The zero-order chi connectivity index (χ0) is 15.0. The fraction of sp³-hybridized carbons (Fsp3) is 0.615. The maximum absolute atomic E-state index is 10.8. The number of nitrogens with zero attached hydrogens (tertiary/aromatic N) is 6. The summed E-state index contributed by atoms with van der Waals surface area (Å²) in [5.41, 5.74) is -0.595. The summed E-state index contributed by atoms with van der Waals surface area (Å²) in [6.07, 6.45) is 7.07. The maximum atomic E-state index is 10.8. The standard InChI is InChI=1S/C13H18N6O2/c1-13(2,18-9-10(8-14-18)19(20)21)12-16-15-11-6-4-3-5-7-17(11)12/h8-9H,3-7H2,1-2H3. The van der Waals surface area contributed by atoms with Crippen LogP contribution in [0, 0.1) is 10.1 Å². The number of hydrogen-bond donors (Lipinski definition) is 0. The van der Waals surface area contributed by atoms with Crippen LogP contribution in [0.4, 0.5) is 5.69 Å². The van der Waals surface area contributed by atoms with Crippen LogP contribution in [-0.2, 0) is 18.5 Å². The molecule has 3 heterocycles. The summed E-state index contributed by atoms with van der Waals surface area (Å²) in [5.74, 6) is 1.80. The van der Waals surface area contributed by atoms with Crippen LogP contribution in [0.15, 0.2) is 12.4 Å². The second kappa shape index (κ2) is 4.94. The molecule has 8 nitrogen and oxygen atoms in total. The highest BCUT2D eigenvalue weighted by molar-refractivity contribution is 5.23. The van der Waals surface area contributed by atoms with Gasteiger partial charge in [0.2, 0.25) is 0 Å². The molecule has 8 heteroatoms. The molecule has 0 N–H and O–H groups in total. The van der Waals surface area contributed by atoms with Crippen molar-refractivity contribution in [1.29, 1.82) is 0 Å². The van der Waals surface area contributed by atoms with Crippen LogP contribution < -0.4 is 0 Å². The van der Waals surface area contributed by atoms with Crippen molar-refractivity contribution in [3.63, 3.8) is 0 Å². The lowest BCUT2D eigenvalue weighted by atomic mass is 10.0. The van der Waals surface area contributed by atoms with Crippen LogP contribution in [0.3, 0.4) is 0 Å². The highest BCUT2D eigenvalue weighted by atomic mass is 16.6. The van der Waals surface area contributed by atoms with Gasteiger partial charge in [-0.05, 0) is 26.7 Å². The molecule has 0 saturated heterocycles. The first-order valence-corrected chi connectivity index (χ1v) is 7.12. The molecule has 2 aromatic heterocycles. The molecule has 0 spiro atoms. The van der Waals surface area contributed by atoms with E-state index in [0.717, 1.165) is 37.5 Å². The SMILES string of the molecule is CC(C)(c1nnc2n1CCCCC2)n1cc([N+](=O)[O-])cn1. The van der Waals surface area contributed by atoms with Crippen molar-refractivity contribution in [1.82, 2.24) is 24.5 Å². The van der Waals surface area contributed by atoms with Gasteiger partial charge in [0, 0.05) is 13.0 Å². The second-order valence-corrected chi connectivity index (χ2v) is 5.86. The lowest BCUT2D eigenvalue weighted by molar-refractivity contribution is -0.385. The monoisotopic (exact) mass is 290 g/mol. The van der Waals surface area contributed by atoms with Gasteiger partial charge in [0.05, 0.1) is 4.92 Å². The highest BCUT2D eigenvalue weighted by Gasteiger charge is 2.32. The quantitative estimate of drug-likeness (QED) is 0.636. The normalized spacial score (nSPS) is 15.5. The van der Waals surface area contributed by atoms with Crippen LogP contribution in [0.1, 0.15) is 44.8 Å². The van der Waals surface area contributed by atoms with Crippen LogP contribution >= 0.6 is 0 Å². The minimum atomic E-state index is -0.580. The summed E-state index contributed by atoms with van der Waals surface area (Å²) in [6, 6.07) is 0. The van der Waals surface area contributed by atoms with Crippen LogP contribution in [0.5, 0.6) is 0 Å². The van der Waals surface area contributed by atoms with E-state index in [0.29, 0.717) is 0 Å². The van der Waals surface area contributed by atoms with Gasteiger partial charge in [0.15, 0.2) is 5.82 Å². The Kier molecular flexibility index (Phi) is 3.23. The zero-order valence-corrected chi connectivity index (χ0v) is 12.2. The Morgan fingerprint density at radius 3 is 2.81 bits per heavy atom. The number of fused-ring (bicyclic) bond motifs is 1. The summed E-state index contributed by atoms with van der Waals surface area (Å²) < 4.78 is 3.73. The third-order valence-corrected chi connectivity index (χ3v) is 4.01. The molecule has 0 aromatic carbocycles. The van der Waals surface area contributed by atoms with Crippen molar-refractivity contribution >= 4 is 5.69 Å². The largest absolute Gasteiger partial charge is 0.313 e. The molecule has 0 atom stereocenters. The molecule has 112 valence electrons. The van der Waals surface area contributed by atoms with E-state index in [1.807, 2.05) is 13.8 Å². The van der Waals surface area contributed by atoms with Gasteiger partial charge < -0.3 is 4.57 Å². The van der Waals surface area contributed by atoms with Crippen molar-refractivity contribution in [3.8, 4) is 0 Å². The average Bonchev–Trinajstić information content (AvgIpc) is 3.02. The second-order valence-electron chi connectivity index (χ2n) is 5.86. The molecule has 1 aliphatic heterocycles. The molecule has 3 rings (SSSR count). The van der Waals surface area contributed by atoms with Gasteiger partial charge in [-0.3, -0.25) is 14.8 Å². The fourth-order valence-corrected chi connectivity index (χ4v) is 2.75. The minimum Gasteiger partial charge on any atom is -0.313 e. The van der Waals surface area contributed by atoms with Crippen molar-refractivity contribution in [3.05, 3.63) is 34.2 Å². The van der Waals surface area contributed by atoms with E-state index in [2.05, 4.69) is 19.9 Å². The Morgan fingerprint density at radius 2 is 2.10 bits per heavy atom. The summed E-state index contributed by atoms with van der Waals surface area (Å²) in [7, 11) is 0. The summed E-state index contributed by atoms with van der Waals surface area (Å²) in [5, 5.41) is 23.6. The molecular formula is C13H18N6O2. The zero-order valence-electron chi connectivity index (χ0n) is 12.2. The van der Waals surface area contributed by atoms with Crippen molar-refractivity contribution < 1.29 is 4.92 Å². The number of rotatable bonds is 3. The molecule has 0 radical (unpaired) electrons. The molecule has 0 fully saturated rings. The van der Waals surface area contributed by atoms with Gasteiger partial charge in [-0.25, -0.2) is 0 Å². The molecule has 2 aromatic rings. The number of nitro groups is 1. The molecule has 0 aliphatic carbocycles. The summed E-state index contributed by atoms with van der Waals surface area (Å²) >= 11 is 0. The van der Waals surface area contributed by atoms with E-state index < -0.39 is 10.5 Å². The number of aryl methyl sites for hydroxylation is 1. The van der Waals surface area contributed by atoms with E-state index in [1.165, 1.54) is 18.8 Å². The molecule has 1 aliphatic rings. The molecular weight excluding hydrogens is 272 g/mol. The van der Waals surface area contributed by atoms with Gasteiger partial charge >= 0.3 is 5.69 Å². The lowest BCUT2D eigenvalue weighted by Gasteiger charge is -2.24. The molecule has 0 bridgehead atoms. The maximum Gasteiger partial charge on any atom is 0.307 e. The Morgan fingerprint density at radius 1 is 1.29 bits per heavy atom. The topological polar surface area (TPSA) is 91.7 Å². The van der Waals surface area contributed by atoms with E-state index in [9.17, 15) is 10.1 Å². The third-order valence-electron chi connectivity index (χ3n) is 4.01. The molecule has 0 amide bonds. The van der Waals surface area contributed by atoms with Crippen molar-refractivity contribution in [2.75, 3.05) is 0 Å². The first kappa shape index (κ1) is 13.7. The van der Waals surface area contributed by atoms with Crippen LogP contribution in [-0.4, -0.2) is 29.5 Å². The lowest BCUT2D eigenvalue weighted by Crippen LogP contribution is -2.32. The smallest absolute Gasteiger partial charge is 0.307 e. The van der Waals surface area contributed by atoms with Gasteiger partial charge in [0.25, 0.3) is 0 Å². The molecule has 0 saturated carbocycles.